The summed E-state index contributed by atoms with van der Waals surface area (Å²) in [6, 6.07) is 20.0. The molecule has 0 saturated carbocycles. The minimum atomic E-state index is 0.610. The second-order valence-electron chi connectivity index (χ2n) is 5.33. The number of tetrazole rings is 1. The fraction of sp³-hybridized carbons (Fsp3) is 0.118. The number of hydrogen-bond donors (Lipinski definition) is 0. The highest BCUT2D eigenvalue weighted by Crippen LogP contribution is 2.18. The van der Waals surface area contributed by atoms with E-state index in [1.807, 2.05) is 48.5 Å². The van der Waals surface area contributed by atoms with Gasteiger partial charge in [-0.3, -0.25) is 0 Å². The van der Waals surface area contributed by atoms with E-state index in [9.17, 15) is 0 Å². The van der Waals surface area contributed by atoms with Gasteiger partial charge in [-0.15, -0.1) is 10.2 Å². The standard InChI is InChI=1S/C17H15N7S/c1-3-7-14(8-4-1)11-23-16(19-21-22-23)12-25-17-18-13-24(20-17)15-9-5-2-6-10-15/h1-10,13H,11-12H2. The lowest BCUT2D eigenvalue weighted by Crippen LogP contribution is -2.06. The highest BCUT2D eigenvalue weighted by atomic mass is 32.2. The summed E-state index contributed by atoms with van der Waals surface area (Å²) in [7, 11) is 0. The lowest BCUT2D eigenvalue weighted by atomic mass is 10.2. The predicted molar refractivity (Wildman–Crippen MR) is 94.3 cm³/mol. The maximum Gasteiger partial charge on any atom is 0.209 e. The highest BCUT2D eigenvalue weighted by Gasteiger charge is 2.10. The van der Waals surface area contributed by atoms with Crippen molar-refractivity contribution in [2.75, 3.05) is 0 Å². The van der Waals surface area contributed by atoms with E-state index < -0.39 is 0 Å². The van der Waals surface area contributed by atoms with Crippen molar-refractivity contribution in [3.63, 3.8) is 0 Å². The average molecular weight is 349 g/mol. The quantitative estimate of drug-likeness (QED) is 0.498. The minimum absolute atomic E-state index is 0.610. The monoisotopic (exact) mass is 349 g/mol. The number of benzene rings is 2. The fourth-order valence-corrected chi connectivity index (χ4v) is 3.09. The van der Waals surface area contributed by atoms with Crippen LogP contribution in [0.15, 0.2) is 72.1 Å². The summed E-state index contributed by atoms with van der Waals surface area (Å²) < 4.78 is 3.56. The molecule has 0 spiro atoms. The SMILES string of the molecule is c1ccc(Cn2nnnc2CSc2ncn(-c3ccccc3)n2)cc1. The molecule has 4 aromatic rings. The number of aromatic nitrogens is 7. The largest absolute Gasteiger partial charge is 0.224 e. The third kappa shape index (κ3) is 3.74. The lowest BCUT2D eigenvalue weighted by Gasteiger charge is -2.03. The number of rotatable bonds is 6. The molecule has 0 amide bonds. The zero-order valence-corrected chi connectivity index (χ0v) is 14.1. The molecule has 2 aromatic heterocycles. The van der Waals surface area contributed by atoms with Gasteiger partial charge in [0.1, 0.15) is 6.33 Å². The minimum Gasteiger partial charge on any atom is -0.224 e. The summed E-state index contributed by atoms with van der Waals surface area (Å²) in [6.45, 7) is 0.648. The summed E-state index contributed by atoms with van der Waals surface area (Å²) in [6.07, 6.45) is 1.71. The molecule has 0 aliphatic carbocycles. The highest BCUT2D eigenvalue weighted by molar-refractivity contribution is 7.98. The van der Waals surface area contributed by atoms with Gasteiger partial charge in [0.05, 0.1) is 18.0 Å². The molecule has 4 rings (SSSR count). The molecule has 0 aliphatic heterocycles. The molecule has 0 fully saturated rings. The van der Waals surface area contributed by atoms with E-state index in [0.717, 1.165) is 17.1 Å². The Morgan fingerprint density at radius 2 is 1.68 bits per heavy atom. The van der Waals surface area contributed by atoms with Gasteiger partial charge in [-0.1, -0.05) is 60.3 Å². The number of nitrogens with zero attached hydrogens (tertiary/aromatic N) is 7. The van der Waals surface area contributed by atoms with Crippen molar-refractivity contribution in [2.45, 2.75) is 17.5 Å². The molecule has 0 atom stereocenters. The van der Waals surface area contributed by atoms with Crippen LogP contribution in [-0.2, 0) is 12.3 Å². The molecule has 2 heterocycles. The lowest BCUT2D eigenvalue weighted by molar-refractivity contribution is 0.631. The Morgan fingerprint density at radius 3 is 2.48 bits per heavy atom. The van der Waals surface area contributed by atoms with Crippen LogP contribution >= 0.6 is 11.8 Å². The molecule has 7 nitrogen and oxygen atoms in total. The summed E-state index contributed by atoms with van der Waals surface area (Å²) in [4.78, 5) is 4.34. The fourth-order valence-electron chi connectivity index (χ4n) is 2.35. The summed E-state index contributed by atoms with van der Waals surface area (Å²) in [5, 5.41) is 17.1. The summed E-state index contributed by atoms with van der Waals surface area (Å²) in [5.74, 6) is 1.41. The molecular formula is C17H15N7S. The van der Waals surface area contributed by atoms with E-state index in [-0.39, 0.29) is 0 Å². The van der Waals surface area contributed by atoms with Gasteiger partial charge in [0.2, 0.25) is 5.16 Å². The first-order valence-electron chi connectivity index (χ1n) is 7.77. The summed E-state index contributed by atoms with van der Waals surface area (Å²) in [5.41, 5.74) is 2.14. The first-order valence-corrected chi connectivity index (χ1v) is 8.76. The molecule has 2 aromatic carbocycles. The van der Waals surface area contributed by atoms with Crippen LogP contribution in [0.4, 0.5) is 0 Å². The van der Waals surface area contributed by atoms with Crippen molar-refractivity contribution >= 4 is 11.8 Å². The van der Waals surface area contributed by atoms with Crippen LogP contribution in [0.2, 0.25) is 0 Å². The van der Waals surface area contributed by atoms with E-state index >= 15 is 0 Å². The van der Waals surface area contributed by atoms with Crippen molar-refractivity contribution in [3.05, 3.63) is 78.4 Å². The molecule has 0 aliphatic rings. The van der Waals surface area contributed by atoms with Crippen molar-refractivity contribution < 1.29 is 0 Å². The van der Waals surface area contributed by atoms with E-state index in [1.165, 1.54) is 11.8 Å². The van der Waals surface area contributed by atoms with E-state index in [1.54, 1.807) is 15.7 Å². The van der Waals surface area contributed by atoms with Gasteiger partial charge >= 0.3 is 0 Å². The van der Waals surface area contributed by atoms with Gasteiger partial charge in [-0.05, 0) is 28.1 Å². The number of hydrogen-bond acceptors (Lipinski definition) is 6. The van der Waals surface area contributed by atoms with Crippen LogP contribution < -0.4 is 0 Å². The van der Waals surface area contributed by atoms with Crippen LogP contribution in [0.1, 0.15) is 11.4 Å². The van der Waals surface area contributed by atoms with Crippen molar-refractivity contribution in [1.29, 1.82) is 0 Å². The zero-order chi connectivity index (χ0) is 16.9. The van der Waals surface area contributed by atoms with Gasteiger partial charge in [-0.2, -0.15) is 0 Å². The van der Waals surface area contributed by atoms with E-state index in [0.29, 0.717) is 17.5 Å². The molecular weight excluding hydrogens is 334 g/mol. The second-order valence-corrected chi connectivity index (χ2v) is 6.28. The van der Waals surface area contributed by atoms with E-state index in [4.69, 9.17) is 0 Å². The van der Waals surface area contributed by atoms with Gasteiger partial charge in [0, 0.05) is 0 Å². The molecule has 0 radical (unpaired) electrons. The number of para-hydroxylation sites is 1. The maximum absolute atomic E-state index is 4.48. The van der Waals surface area contributed by atoms with Crippen LogP contribution in [0.5, 0.6) is 0 Å². The van der Waals surface area contributed by atoms with Gasteiger partial charge in [0.25, 0.3) is 0 Å². The van der Waals surface area contributed by atoms with Crippen molar-refractivity contribution in [2.24, 2.45) is 0 Å². The Hall–Kier alpha value is -3.00. The third-order valence-electron chi connectivity index (χ3n) is 3.60. The molecule has 0 bridgehead atoms. The Labute approximate surface area is 148 Å². The van der Waals surface area contributed by atoms with Crippen LogP contribution in [0.25, 0.3) is 5.69 Å². The first kappa shape index (κ1) is 15.5. The number of thioether (sulfide) groups is 1. The average Bonchev–Trinajstić information content (AvgIpc) is 3.31. The Morgan fingerprint density at radius 1 is 0.920 bits per heavy atom. The third-order valence-corrected chi connectivity index (χ3v) is 4.45. The maximum atomic E-state index is 4.48. The smallest absolute Gasteiger partial charge is 0.209 e. The van der Waals surface area contributed by atoms with Gasteiger partial charge in [0.15, 0.2) is 5.82 Å². The Kier molecular flexibility index (Phi) is 4.51. The predicted octanol–water partition coefficient (Wildman–Crippen LogP) is 2.59. The van der Waals surface area contributed by atoms with Crippen molar-refractivity contribution in [3.8, 4) is 5.69 Å². The van der Waals surface area contributed by atoms with Crippen LogP contribution in [0.3, 0.4) is 0 Å². The van der Waals surface area contributed by atoms with Crippen LogP contribution in [0, 0.1) is 0 Å². The molecule has 124 valence electrons. The van der Waals surface area contributed by atoms with Gasteiger partial charge in [-0.25, -0.2) is 14.3 Å². The molecule has 25 heavy (non-hydrogen) atoms. The van der Waals surface area contributed by atoms with Crippen LogP contribution in [-0.4, -0.2) is 35.0 Å². The zero-order valence-electron chi connectivity index (χ0n) is 13.3. The molecule has 0 unspecified atom stereocenters. The molecule has 0 saturated heterocycles. The summed E-state index contributed by atoms with van der Waals surface area (Å²) >= 11 is 1.51. The van der Waals surface area contributed by atoms with Crippen molar-refractivity contribution in [1.82, 2.24) is 35.0 Å². The Bertz CT molecular complexity index is 934. The topological polar surface area (TPSA) is 74.3 Å². The van der Waals surface area contributed by atoms with Gasteiger partial charge < -0.3 is 0 Å². The van der Waals surface area contributed by atoms with E-state index in [2.05, 4.69) is 37.7 Å². The normalized spacial score (nSPS) is 10.9. The Balaban J connectivity index is 1.43. The molecule has 8 heteroatoms. The molecule has 0 N–H and O–H groups in total. The second kappa shape index (κ2) is 7.27. The first-order chi connectivity index (χ1) is 12.4.